The van der Waals surface area contributed by atoms with Gasteiger partial charge in [-0.3, -0.25) is 14.9 Å². The summed E-state index contributed by atoms with van der Waals surface area (Å²) < 4.78 is 0. The lowest BCUT2D eigenvalue weighted by molar-refractivity contribution is -0.129. The molecule has 0 radical (unpaired) electrons. The molecule has 1 aromatic carbocycles. The van der Waals surface area contributed by atoms with Gasteiger partial charge in [-0.15, -0.1) is 0 Å². The average molecular weight is 267 g/mol. The van der Waals surface area contributed by atoms with Gasteiger partial charge in [0.2, 0.25) is 5.91 Å². The molecule has 1 aliphatic heterocycles. The van der Waals surface area contributed by atoms with Crippen molar-refractivity contribution in [3.8, 4) is 5.75 Å². The van der Waals surface area contributed by atoms with Crippen molar-refractivity contribution < 1.29 is 14.7 Å². The van der Waals surface area contributed by atoms with Gasteiger partial charge in [0, 0.05) is 5.57 Å². The minimum Gasteiger partial charge on any atom is -0.508 e. The summed E-state index contributed by atoms with van der Waals surface area (Å²) in [5.41, 5.74) is 3.26. The van der Waals surface area contributed by atoms with Gasteiger partial charge in [0.1, 0.15) is 5.75 Å². The SMILES string of the molecule is O=C1CC2=CC(=Cc3cccc(O)c3)CC=C2C(=O)N1. The van der Waals surface area contributed by atoms with E-state index in [0.717, 1.165) is 16.7 Å². The lowest BCUT2D eigenvalue weighted by atomic mass is 9.88. The molecule has 0 atom stereocenters. The summed E-state index contributed by atoms with van der Waals surface area (Å²) in [6, 6.07) is 6.95. The van der Waals surface area contributed by atoms with E-state index in [-0.39, 0.29) is 24.0 Å². The number of phenols is 1. The summed E-state index contributed by atoms with van der Waals surface area (Å²) >= 11 is 0. The van der Waals surface area contributed by atoms with Crippen molar-refractivity contribution in [1.29, 1.82) is 0 Å². The molecular formula is C16H13NO3. The third kappa shape index (κ3) is 2.40. The zero-order valence-corrected chi connectivity index (χ0v) is 10.7. The van der Waals surface area contributed by atoms with E-state index >= 15 is 0 Å². The molecule has 0 aromatic heterocycles. The second-order valence-electron chi connectivity index (χ2n) is 4.86. The predicted molar refractivity (Wildman–Crippen MR) is 74.6 cm³/mol. The van der Waals surface area contributed by atoms with E-state index in [9.17, 15) is 14.7 Å². The lowest BCUT2D eigenvalue weighted by Crippen LogP contribution is -2.37. The number of hydrogen-bond donors (Lipinski definition) is 2. The van der Waals surface area contributed by atoms with Gasteiger partial charge in [-0.2, -0.15) is 0 Å². The van der Waals surface area contributed by atoms with E-state index in [2.05, 4.69) is 5.32 Å². The van der Waals surface area contributed by atoms with E-state index in [1.165, 1.54) is 0 Å². The second kappa shape index (κ2) is 4.81. The Morgan fingerprint density at radius 2 is 2.10 bits per heavy atom. The van der Waals surface area contributed by atoms with Crippen LogP contribution in [0.1, 0.15) is 18.4 Å². The fraction of sp³-hybridized carbons (Fsp3) is 0.125. The Morgan fingerprint density at radius 1 is 1.25 bits per heavy atom. The lowest BCUT2D eigenvalue weighted by Gasteiger charge is -2.21. The normalized spacial score (nSPS) is 20.1. The van der Waals surface area contributed by atoms with Gasteiger partial charge < -0.3 is 5.11 Å². The molecule has 2 amide bonds. The van der Waals surface area contributed by atoms with E-state index in [1.807, 2.05) is 24.3 Å². The molecule has 4 nitrogen and oxygen atoms in total. The number of benzene rings is 1. The molecule has 1 aromatic rings. The average Bonchev–Trinajstić information content (AvgIpc) is 2.38. The van der Waals surface area contributed by atoms with Crippen LogP contribution < -0.4 is 5.32 Å². The van der Waals surface area contributed by atoms with Crippen molar-refractivity contribution in [2.45, 2.75) is 12.8 Å². The number of aromatic hydroxyl groups is 1. The van der Waals surface area contributed by atoms with Gasteiger partial charge in [0.05, 0.1) is 6.42 Å². The maximum absolute atomic E-state index is 11.7. The van der Waals surface area contributed by atoms with Gasteiger partial charge in [-0.25, -0.2) is 0 Å². The summed E-state index contributed by atoms with van der Waals surface area (Å²) in [5.74, 6) is -0.368. The van der Waals surface area contributed by atoms with Gasteiger partial charge in [-0.05, 0) is 35.3 Å². The summed E-state index contributed by atoms with van der Waals surface area (Å²) in [6.07, 6.45) is 6.53. The molecule has 1 aliphatic carbocycles. The highest BCUT2D eigenvalue weighted by Gasteiger charge is 2.26. The Labute approximate surface area is 116 Å². The zero-order valence-electron chi connectivity index (χ0n) is 10.7. The monoisotopic (exact) mass is 267 g/mol. The van der Waals surface area contributed by atoms with Crippen LogP contribution in [0.25, 0.3) is 6.08 Å². The topological polar surface area (TPSA) is 66.4 Å². The summed E-state index contributed by atoms with van der Waals surface area (Å²) in [6.45, 7) is 0. The quantitative estimate of drug-likeness (QED) is 0.765. The van der Waals surface area contributed by atoms with E-state index in [1.54, 1.807) is 18.2 Å². The first-order valence-electron chi connectivity index (χ1n) is 6.37. The molecule has 3 rings (SSSR count). The largest absolute Gasteiger partial charge is 0.508 e. The van der Waals surface area contributed by atoms with Crippen molar-refractivity contribution in [3.05, 3.63) is 58.7 Å². The number of nitrogens with one attached hydrogen (secondary N) is 1. The second-order valence-corrected chi connectivity index (χ2v) is 4.86. The zero-order chi connectivity index (χ0) is 14.1. The Balaban J connectivity index is 1.92. The van der Waals surface area contributed by atoms with Crippen molar-refractivity contribution in [3.63, 3.8) is 0 Å². The van der Waals surface area contributed by atoms with E-state index < -0.39 is 0 Å². The standard InChI is InChI=1S/C16H13NO3/c18-13-3-1-2-10(8-13)6-11-4-5-14-12(7-11)9-15(19)17-16(14)20/h1-3,5-8,18H,4,9H2,(H,17,19,20). The van der Waals surface area contributed by atoms with Crippen LogP contribution in [0.4, 0.5) is 0 Å². The smallest absolute Gasteiger partial charge is 0.257 e. The Hall–Kier alpha value is -2.62. The molecule has 100 valence electrons. The first kappa shape index (κ1) is 12.4. The molecule has 4 heteroatoms. The van der Waals surface area contributed by atoms with Crippen molar-refractivity contribution in [2.75, 3.05) is 0 Å². The fourth-order valence-electron chi connectivity index (χ4n) is 2.44. The minimum atomic E-state index is -0.316. The Morgan fingerprint density at radius 3 is 2.90 bits per heavy atom. The van der Waals surface area contributed by atoms with Crippen LogP contribution in [0.5, 0.6) is 5.75 Å². The molecule has 20 heavy (non-hydrogen) atoms. The molecule has 0 spiro atoms. The predicted octanol–water partition coefficient (Wildman–Crippen LogP) is 2.08. The number of hydrogen-bond acceptors (Lipinski definition) is 3. The van der Waals surface area contributed by atoms with Crippen LogP contribution in [-0.4, -0.2) is 16.9 Å². The fourth-order valence-corrected chi connectivity index (χ4v) is 2.44. The van der Waals surface area contributed by atoms with E-state index in [0.29, 0.717) is 12.0 Å². The van der Waals surface area contributed by atoms with Crippen molar-refractivity contribution >= 4 is 17.9 Å². The highest BCUT2D eigenvalue weighted by molar-refractivity contribution is 6.12. The number of phenolic OH excluding ortho intramolecular Hbond substituents is 1. The molecular weight excluding hydrogens is 254 g/mol. The van der Waals surface area contributed by atoms with Crippen molar-refractivity contribution in [1.82, 2.24) is 5.32 Å². The minimum absolute atomic E-state index is 0.214. The van der Waals surface area contributed by atoms with Crippen LogP contribution >= 0.6 is 0 Å². The summed E-state index contributed by atoms with van der Waals surface area (Å²) in [4.78, 5) is 23.0. The molecule has 0 bridgehead atoms. The van der Waals surface area contributed by atoms with Gasteiger partial charge in [0.25, 0.3) is 5.91 Å². The number of fused-ring (bicyclic) bond motifs is 1. The van der Waals surface area contributed by atoms with Crippen LogP contribution in [0.2, 0.25) is 0 Å². The van der Waals surface area contributed by atoms with Crippen LogP contribution in [0.15, 0.2) is 53.1 Å². The number of carbonyl (C=O) groups is 2. The number of carbonyl (C=O) groups excluding carboxylic acids is 2. The highest BCUT2D eigenvalue weighted by Crippen LogP contribution is 2.29. The third-order valence-corrected chi connectivity index (χ3v) is 3.32. The number of rotatable bonds is 1. The molecule has 0 saturated carbocycles. The first-order valence-corrected chi connectivity index (χ1v) is 6.37. The van der Waals surface area contributed by atoms with Crippen LogP contribution in [0.3, 0.4) is 0 Å². The molecule has 1 saturated heterocycles. The van der Waals surface area contributed by atoms with Gasteiger partial charge in [-0.1, -0.05) is 30.4 Å². The number of piperidine rings is 1. The molecule has 2 aliphatic rings. The maximum atomic E-state index is 11.7. The van der Waals surface area contributed by atoms with E-state index in [4.69, 9.17) is 0 Å². The third-order valence-electron chi connectivity index (χ3n) is 3.32. The molecule has 0 unspecified atom stereocenters. The summed E-state index contributed by atoms with van der Waals surface area (Å²) in [7, 11) is 0. The molecule has 1 heterocycles. The molecule has 1 fully saturated rings. The molecule has 2 N–H and O–H groups in total. The van der Waals surface area contributed by atoms with Crippen LogP contribution in [-0.2, 0) is 9.59 Å². The Bertz CT molecular complexity index is 695. The van der Waals surface area contributed by atoms with Gasteiger partial charge >= 0.3 is 0 Å². The van der Waals surface area contributed by atoms with Gasteiger partial charge in [0.15, 0.2) is 0 Å². The number of imide groups is 1. The number of amides is 2. The maximum Gasteiger partial charge on any atom is 0.257 e. The highest BCUT2D eigenvalue weighted by atomic mass is 16.3. The number of allylic oxidation sites excluding steroid dienone is 3. The first-order chi connectivity index (χ1) is 9.61. The van der Waals surface area contributed by atoms with Crippen molar-refractivity contribution in [2.24, 2.45) is 0 Å². The van der Waals surface area contributed by atoms with Crippen LogP contribution in [0, 0.1) is 0 Å². The summed E-state index contributed by atoms with van der Waals surface area (Å²) in [5, 5.41) is 11.8. The Kier molecular flexibility index (Phi) is 2.99.